The maximum absolute atomic E-state index is 12.4. The second-order valence-electron chi connectivity index (χ2n) is 6.36. The van der Waals surface area contributed by atoms with Crippen molar-refractivity contribution in [3.8, 4) is 5.75 Å². The number of anilines is 1. The molecule has 136 valence electrons. The number of piperidine rings is 1. The van der Waals surface area contributed by atoms with Gasteiger partial charge in [0.1, 0.15) is 5.75 Å². The predicted octanol–water partition coefficient (Wildman–Crippen LogP) is 2.55. The van der Waals surface area contributed by atoms with Gasteiger partial charge in [-0.3, -0.25) is 4.79 Å². The van der Waals surface area contributed by atoms with Crippen LogP contribution in [0.15, 0.2) is 24.3 Å². The standard InChI is InChI=1S/C17H25N3O2.2ClH/c1-22-15-5-3-2-4-14(15)19-12-16(21)20-10-7-17(8-11-20)6-9-18-13-17;;/h2-5,18-19H,6-13H2,1H3;2*1H. The van der Waals surface area contributed by atoms with Gasteiger partial charge >= 0.3 is 0 Å². The molecule has 0 bridgehead atoms. The maximum atomic E-state index is 12.4. The zero-order valence-corrected chi connectivity index (χ0v) is 15.7. The molecule has 2 N–H and O–H groups in total. The fourth-order valence-corrected chi connectivity index (χ4v) is 3.53. The molecule has 0 aromatic heterocycles. The largest absolute Gasteiger partial charge is 0.495 e. The highest BCUT2D eigenvalue weighted by molar-refractivity contribution is 5.85. The highest BCUT2D eigenvalue weighted by Gasteiger charge is 2.37. The summed E-state index contributed by atoms with van der Waals surface area (Å²) in [5.41, 5.74) is 1.32. The van der Waals surface area contributed by atoms with E-state index in [2.05, 4.69) is 10.6 Å². The number of halogens is 2. The summed E-state index contributed by atoms with van der Waals surface area (Å²) in [5.74, 6) is 0.941. The zero-order chi connectivity index (χ0) is 15.4. The first-order chi connectivity index (χ1) is 10.7. The lowest BCUT2D eigenvalue weighted by Crippen LogP contribution is -2.45. The summed E-state index contributed by atoms with van der Waals surface area (Å²) in [5, 5.41) is 6.65. The first-order valence-electron chi connectivity index (χ1n) is 8.08. The summed E-state index contributed by atoms with van der Waals surface area (Å²) in [4.78, 5) is 14.4. The summed E-state index contributed by atoms with van der Waals surface area (Å²) >= 11 is 0. The van der Waals surface area contributed by atoms with Crippen LogP contribution in [0.5, 0.6) is 5.75 Å². The lowest BCUT2D eigenvalue weighted by molar-refractivity contribution is -0.131. The van der Waals surface area contributed by atoms with Crippen LogP contribution in [-0.4, -0.2) is 50.6 Å². The third kappa shape index (κ3) is 4.68. The van der Waals surface area contributed by atoms with E-state index in [0.717, 1.165) is 50.5 Å². The molecule has 0 aliphatic carbocycles. The zero-order valence-electron chi connectivity index (χ0n) is 14.0. The van der Waals surface area contributed by atoms with Crippen molar-refractivity contribution in [1.82, 2.24) is 10.2 Å². The Kier molecular flexibility index (Phi) is 8.13. The van der Waals surface area contributed by atoms with Crippen LogP contribution in [0.25, 0.3) is 0 Å². The van der Waals surface area contributed by atoms with Crippen LogP contribution in [0.4, 0.5) is 5.69 Å². The Morgan fingerprint density at radius 3 is 2.58 bits per heavy atom. The van der Waals surface area contributed by atoms with Gasteiger partial charge in [-0.25, -0.2) is 0 Å². The predicted molar refractivity (Wildman–Crippen MR) is 102 cm³/mol. The van der Waals surface area contributed by atoms with E-state index < -0.39 is 0 Å². The van der Waals surface area contributed by atoms with Crippen LogP contribution in [0.3, 0.4) is 0 Å². The number of ether oxygens (including phenoxy) is 1. The Morgan fingerprint density at radius 1 is 1.25 bits per heavy atom. The number of para-hydroxylation sites is 2. The number of likely N-dealkylation sites (tertiary alicyclic amines) is 1. The average molecular weight is 376 g/mol. The van der Waals surface area contributed by atoms with Crippen molar-refractivity contribution >= 4 is 36.4 Å². The van der Waals surface area contributed by atoms with E-state index in [1.807, 2.05) is 29.2 Å². The van der Waals surface area contributed by atoms with Gasteiger partial charge in [0.2, 0.25) is 5.91 Å². The van der Waals surface area contributed by atoms with Crippen LogP contribution in [0.2, 0.25) is 0 Å². The van der Waals surface area contributed by atoms with E-state index in [4.69, 9.17) is 4.74 Å². The molecule has 2 heterocycles. The smallest absolute Gasteiger partial charge is 0.241 e. The molecule has 2 aliphatic rings. The third-order valence-corrected chi connectivity index (χ3v) is 5.05. The van der Waals surface area contributed by atoms with Gasteiger partial charge in [0, 0.05) is 19.6 Å². The lowest BCUT2D eigenvalue weighted by Gasteiger charge is -2.39. The number of hydrogen-bond donors (Lipinski definition) is 2. The number of nitrogens with zero attached hydrogens (tertiary/aromatic N) is 1. The highest BCUT2D eigenvalue weighted by atomic mass is 35.5. The molecule has 1 amide bonds. The number of hydrogen-bond acceptors (Lipinski definition) is 4. The number of benzene rings is 1. The molecule has 1 aromatic carbocycles. The number of nitrogens with one attached hydrogen (secondary N) is 2. The van der Waals surface area contributed by atoms with Gasteiger partial charge in [-0.05, 0) is 43.4 Å². The minimum atomic E-state index is 0. The van der Waals surface area contributed by atoms with E-state index in [1.165, 1.54) is 6.42 Å². The summed E-state index contributed by atoms with van der Waals surface area (Å²) < 4.78 is 5.29. The van der Waals surface area contributed by atoms with Gasteiger partial charge < -0.3 is 20.3 Å². The topological polar surface area (TPSA) is 53.6 Å². The van der Waals surface area contributed by atoms with Gasteiger partial charge in [-0.15, -0.1) is 24.8 Å². The minimum absolute atomic E-state index is 0. The molecule has 1 aromatic rings. The van der Waals surface area contributed by atoms with Crippen molar-refractivity contribution in [2.45, 2.75) is 19.3 Å². The van der Waals surface area contributed by atoms with Crippen molar-refractivity contribution < 1.29 is 9.53 Å². The molecule has 2 saturated heterocycles. The Hall–Kier alpha value is -1.17. The quantitative estimate of drug-likeness (QED) is 0.848. The van der Waals surface area contributed by atoms with Crippen molar-refractivity contribution in [1.29, 1.82) is 0 Å². The Bertz CT molecular complexity index is 526. The molecule has 0 unspecified atom stereocenters. The molecular formula is C17H27Cl2N3O2. The molecule has 1 spiro atoms. The first-order valence-corrected chi connectivity index (χ1v) is 8.08. The van der Waals surface area contributed by atoms with E-state index in [1.54, 1.807) is 7.11 Å². The molecular weight excluding hydrogens is 349 g/mol. The van der Waals surface area contributed by atoms with E-state index >= 15 is 0 Å². The number of amides is 1. The van der Waals surface area contributed by atoms with E-state index in [9.17, 15) is 4.79 Å². The Balaban J connectivity index is 0.00000144. The first kappa shape index (κ1) is 20.9. The summed E-state index contributed by atoms with van der Waals surface area (Å²) in [7, 11) is 1.64. The van der Waals surface area contributed by atoms with Gasteiger partial charge in [0.15, 0.2) is 0 Å². The third-order valence-electron chi connectivity index (χ3n) is 5.05. The van der Waals surface area contributed by atoms with Gasteiger partial charge in [-0.1, -0.05) is 12.1 Å². The normalized spacial score (nSPS) is 18.5. The summed E-state index contributed by atoms with van der Waals surface area (Å²) in [6.07, 6.45) is 3.51. The monoisotopic (exact) mass is 375 g/mol. The van der Waals surface area contributed by atoms with Gasteiger partial charge in [0.05, 0.1) is 19.3 Å². The summed E-state index contributed by atoms with van der Waals surface area (Å²) in [6, 6.07) is 7.69. The van der Waals surface area contributed by atoms with E-state index in [0.29, 0.717) is 12.0 Å². The molecule has 2 aliphatic heterocycles. The number of carbonyl (C=O) groups excluding carboxylic acids is 1. The Labute approximate surface area is 156 Å². The fraction of sp³-hybridized carbons (Fsp3) is 0.588. The van der Waals surface area contributed by atoms with Crippen molar-refractivity contribution in [3.05, 3.63) is 24.3 Å². The highest BCUT2D eigenvalue weighted by Crippen LogP contribution is 2.36. The number of carbonyl (C=O) groups is 1. The number of methoxy groups -OCH3 is 1. The molecule has 3 rings (SSSR count). The van der Waals surface area contributed by atoms with Crippen LogP contribution >= 0.6 is 24.8 Å². The molecule has 0 atom stereocenters. The lowest BCUT2D eigenvalue weighted by atomic mass is 9.78. The van der Waals surface area contributed by atoms with Crippen molar-refractivity contribution in [2.24, 2.45) is 5.41 Å². The maximum Gasteiger partial charge on any atom is 0.241 e. The van der Waals surface area contributed by atoms with Crippen LogP contribution in [-0.2, 0) is 4.79 Å². The van der Waals surface area contributed by atoms with Crippen molar-refractivity contribution in [2.75, 3.05) is 45.2 Å². The van der Waals surface area contributed by atoms with Crippen LogP contribution in [0.1, 0.15) is 19.3 Å². The molecule has 2 fully saturated rings. The molecule has 7 heteroatoms. The summed E-state index contributed by atoms with van der Waals surface area (Å²) in [6.45, 7) is 4.34. The van der Waals surface area contributed by atoms with Gasteiger partial charge in [0.25, 0.3) is 0 Å². The molecule has 0 radical (unpaired) electrons. The number of rotatable bonds is 4. The SMILES string of the molecule is COc1ccccc1NCC(=O)N1CCC2(CCNC2)CC1.Cl.Cl. The minimum Gasteiger partial charge on any atom is -0.495 e. The molecule has 0 saturated carbocycles. The van der Waals surface area contributed by atoms with E-state index in [-0.39, 0.29) is 30.7 Å². The Morgan fingerprint density at radius 2 is 1.96 bits per heavy atom. The second-order valence-corrected chi connectivity index (χ2v) is 6.36. The fourth-order valence-electron chi connectivity index (χ4n) is 3.53. The molecule has 5 nitrogen and oxygen atoms in total. The van der Waals surface area contributed by atoms with Crippen LogP contribution < -0.4 is 15.4 Å². The van der Waals surface area contributed by atoms with Gasteiger partial charge in [-0.2, -0.15) is 0 Å². The van der Waals surface area contributed by atoms with Crippen molar-refractivity contribution in [3.63, 3.8) is 0 Å². The second kappa shape index (κ2) is 9.35. The average Bonchev–Trinajstić information content (AvgIpc) is 3.01. The molecule has 24 heavy (non-hydrogen) atoms. The van der Waals surface area contributed by atoms with Crippen LogP contribution in [0, 0.1) is 5.41 Å².